The Morgan fingerprint density at radius 3 is 2.54 bits per heavy atom. The van der Waals surface area contributed by atoms with Crippen LogP contribution in [-0.4, -0.2) is 9.97 Å². The molecular weight excluding hydrogens is 318 g/mol. The molecule has 1 N–H and O–H groups in total. The van der Waals surface area contributed by atoms with E-state index in [2.05, 4.69) is 34.7 Å². The van der Waals surface area contributed by atoms with Gasteiger partial charge in [-0.05, 0) is 47.5 Å². The summed E-state index contributed by atoms with van der Waals surface area (Å²) in [5.74, 6) is 0. The standard InChI is InChI=1S/C23H17N3/c1-2-16-6-3-7-18(14-16)23-19(8-4-13-26-23)17-10-11-22-20(15-17)21(24)9-5-12-25-22/h2-15,24H,1H2. The Labute approximate surface area is 151 Å². The molecule has 2 aromatic carbocycles. The maximum Gasteiger partial charge on any atom is 0.0780 e. The van der Waals surface area contributed by atoms with Crippen LogP contribution in [-0.2, 0) is 0 Å². The van der Waals surface area contributed by atoms with Gasteiger partial charge in [-0.1, -0.05) is 43.0 Å². The van der Waals surface area contributed by atoms with Gasteiger partial charge in [0.05, 0.1) is 16.6 Å². The summed E-state index contributed by atoms with van der Waals surface area (Å²) < 4.78 is 0. The highest BCUT2D eigenvalue weighted by Crippen LogP contribution is 2.31. The van der Waals surface area contributed by atoms with Gasteiger partial charge in [0, 0.05) is 28.9 Å². The van der Waals surface area contributed by atoms with Crippen LogP contribution in [0.15, 0.2) is 85.7 Å². The van der Waals surface area contributed by atoms with E-state index in [1.165, 1.54) is 0 Å². The van der Waals surface area contributed by atoms with Crippen LogP contribution in [0.25, 0.3) is 39.4 Å². The third-order valence-corrected chi connectivity index (χ3v) is 4.36. The molecule has 4 rings (SSSR count). The van der Waals surface area contributed by atoms with Crippen molar-refractivity contribution in [3.05, 3.63) is 96.6 Å². The lowest BCUT2D eigenvalue weighted by atomic mass is 9.97. The summed E-state index contributed by atoms with van der Waals surface area (Å²) >= 11 is 0. The van der Waals surface area contributed by atoms with E-state index < -0.39 is 0 Å². The molecule has 0 bridgehead atoms. The lowest BCUT2D eigenvalue weighted by Gasteiger charge is -2.10. The Hall–Kier alpha value is -3.59. The number of fused-ring (bicyclic) bond motifs is 1. The molecule has 0 aliphatic heterocycles. The monoisotopic (exact) mass is 335 g/mol. The molecule has 0 saturated carbocycles. The van der Waals surface area contributed by atoms with E-state index in [0.717, 1.165) is 38.9 Å². The second-order valence-corrected chi connectivity index (χ2v) is 6.01. The maximum atomic E-state index is 8.25. The first kappa shape index (κ1) is 15.9. The van der Waals surface area contributed by atoms with Crippen molar-refractivity contribution in [2.45, 2.75) is 0 Å². The van der Waals surface area contributed by atoms with Crippen molar-refractivity contribution < 1.29 is 0 Å². The van der Waals surface area contributed by atoms with Crippen molar-refractivity contribution in [2.75, 3.05) is 0 Å². The number of benzene rings is 2. The first-order chi connectivity index (χ1) is 12.8. The van der Waals surface area contributed by atoms with Crippen LogP contribution in [0.1, 0.15) is 5.56 Å². The zero-order valence-electron chi connectivity index (χ0n) is 14.2. The van der Waals surface area contributed by atoms with Crippen molar-refractivity contribution >= 4 is 17.0 Å². The van der Waals surface area contributed by atoms with E-state index in [1.807, 2.05) is 42.5 Å². The quantitative estimate of drug-likeness (QED) is 0.567. The number of nitrogens with zero attached hydrogens (tertiary/aromatic N) is 2. The average Bonchev–Trinajstić information content (AvgIpc) is 2.89. The smallest absolute Gasteiger partial charge is 0.0780 e. The summed E-state index contributed by atoms with van der Waals surface area (Å²) in [5.41, 5.74) is 5.87. The minimum absolute atomic E-state index is 0.457. The molecule has 26 heavy (non-hydrogen) atoms. The largest absolute Gasteiger partial charge is 0.300 e. The molecule has 0 fully saturated rings. The Bertz CT molecular complexity index is 1180. The van der Waals surface area contributed by atoms with E-state index >= 15 is 0 Å². The van der Waals surface area contributed by atoms with Crippen LogP contribution in [0.4, 0.5) is 0 Å². The molecule has 0 unspecified atom stereocenters. The van der Waals surface area contributed by atoms with Crippen molar-refractivity contribution in [3.63, 3.8) is 0 Å². The normalized spacial score (nSPS) is 10.6. The first-order valence-electron chi connectivity index (χ1n) is 8.38. The predicted molar refractivity (Wildman–Crippen MR) is 106 cm³/mol. The van der Waals surface area contributed by atoms with Crippen molar-refractivity contribution in [1.82, 2.24) is 9.97 Å². The molecule has 0 aliphatic rings. The summed E-state index contributed by atoms with van der Waals surface area (Å²) in [6.45, 7) is 3.85. The highest BCUT2D eigenvalue weighted by molar-refractivity contribution is 5.88. The number of hydrogen-bond donors (Lipinski definition) is 1. The Balaban J connectivity index is 1.95. The second-order valence-electron chi connectivity index (χ2n) is 6.01. The molecule has 4 aromatic rings. The van der Waals surface area contributed by atoms with Crippen molar-refractivity contribution in [3.8, 4) is 22.4 Å². The van der Waals surface area contributed by atoms with E-state index in [9.17, 15) is 0 Å². The number of pyridine rings is 1. The van der Waals surface area contributed by atoms with Gasteiger partial charge < -0.3 is 5.41 Å². The molecule has 0 atom stereocenters. The van der Waals surface area contributed by atoms with Crippen LogP contribution in [0, 0.1) is 5.41 Å². The van der Waals surface area contributed by atoms with Gasteiger partial charge in [-0.3, -0.25) is 9.97 Å². The third kappa shape index (κ3) is 2.91. The summed E-state index contributed by atoms with van der Waals surface area (Å²) in [5, 5.41) is 9.53. The Morgan fingerprint density at radius 1 is 0.808 bits per heavy atom. The van der Waals surface area contributed by atoms with Crippen LogP contribution in [0.5, 0.6) is 0 Å². The predicted octanol–water partition coefficient (Wildman–Crippen LogP) is 5.09. The molecular formula is C23H17N3. The number of rotatable bonds is 3. The fraction of sp³-hybridized carbons (Fsp3) is 0. The number of hydrogen-bond acceptors (Lipinski definition) is 3. The van der Waals surface area contributed by atoms with Crippen LogP contribution >= 0.6 is 0 Å². The van der Waals surface area contributed by atoms with Gasteiger partial charge in [0.25, 0.3) is 0 Å². The van der Waals surface area contributed by atoms with Crippen molar-refractivity contribution in [2.24, 2.45) is 0 Å². The van der Waals surface area contributed by atoms with Crippen LogP contribution in [0.2, 0.25) is 0 Å². The first-order valence-corrected chi connectivity index (χ1v) is 8.38. The number of aromatic nitrogens is 2. The van der Waals surface area contributed by atoms with Gasteiger partial charge in [-0.25, -0.2) is 0 Å². The molecule has 0 aliphatic carbocycles. The van der Waals surface area contributed by atoms with E-state index in [0.29, 0.717) is 5.36 Å². The SMILES string of the molecule is C=Cc1cccc(-c2ncccc2-c2ccc3ncccc(=N)c3c2)c1. The second kappa shape index (κ2) is 6.73. The third-order valence-electron chi connectivity index (χ3n) is 4.36. The van der Waals surface area contributed by atoms with Gasteiger partial charge in [0.15, 0.2) is 0 Å². The van der Waals surface area contributed by atoms with Crippen LogP contribution < -0.4 is 5.36 Å². The molecule has 0 amide bonds. The van der Waals surface area contributed by atoms with Gasteiger partial charge in [-0.2, -0.15) is 0 Å². The summed E-state index contributed by atoms with van der Waals surface area (Å²) in [4.78, 5) is 9.01. The Kier molecular flexibility index (Phi) is 4.12. The zero-order valence-corrected chi connectivity index (χ0v) is 14.2. The Morgan fingerprint density at radius 2 is 1.65 bits per heavy atom. The fourth-order valence-corrected chi connectivity index (χ4v) is 3.07. The molecule has 0 radical (unpaired) electrons. The van der Waals surface area contributed by atoms with Crippen LogP contribution in [0.3, 0.4) is 0 Å². The molecule has 3 heteroatoms. The minimum atomic E-state index is 0.457. The topological polar surface area (TPSA) is 49.6 Å². The lowest BCUT2D eigenvalue weighted by Crippen LogP contribution is -1.96. The molecule has 3 nitrogen and oxygen atoms in total. The average molecular weight is 335 g/mol. The summed E-state index contributed by atoms with van der Waals surface area (Å²) in [6, 6.07) is 21.7. The highest BCUT2D eigenvalue weighted by atomic mass is 14.7. The molecule has 2 heterocycles. The number of nitrogens with one attached hydrogen (secondary N) is 1. The van der Waals surface area contributed by atoms with E-state index in [4.69, 9.17) is 5.41 Å². The minimum Gasteiger partial charge on any atom is -0.300 e. The molecule has 2 aromatic heterocycles. The zero-order chi connectivity index (χ0) is 17.9. The van der Waals surface area contributed by atoms with E-state index in [-0.39, 0.29) is 0 Å². The summed E-state index contributed by atoms with van der Waals surface area (Å²) in [7, 11) is 0. The molecule has 124 valence electrons. The van der Waals surface area contributed by atoms with Gasteiger partial charge in [0.2, 0.25) is 0 Å². The van der Waals surface area contributed by atoms with Gasteiger partial charge >= 0.3 is 0 Å². The highest BCUT2D eigenvalue weighted by Gasteiger charge is 2.10. The molecule has 0 saturated heterocycles. The van der Waals surface area contributed by atoms with Gasteiger partial charge in [-0.15, -0.1) is 0 Å². The lowest BCUT2D eigenvalue weighted by molar-refractivity contribution is 1.31. The molecule has 0 spiro atoms. The summed E-state index contributed by atoms with van der Waals surface area (Å²) in [6.07, 6.45) is 5.36. The fourth-order valence-electron chi connectivity index (χ4n) is 3.07. The van der Waals surface area contributed by atoms with E-state index in [1.54, 1.807) is 24.5 Å². The maximum absolute atomic E-state index is 8.25. The van der Waals surface area contributed by atoms with Crippen molar-refractivity contribution in [1.29, 1.82) is 5.41 Å². The van der Waals surface area contributed by atoms with Gasteiger partial charge in [0.1, 0.15) is 0 Å².